The van der Waals surface area contributed by atoms with Crippen molar-refractivity contribution in [1.82, 2.24) is 9.80 Å². The van der Waals surface area contributed by atoms with Gasteiger partial charge in [-0.25, -0.2) is 0 Å². The molecular weight excluding hydrogens is 985 g/mol. The molecule has 426 valence electrons. The van der Waals surface area contributed by atoms with Crippen molar-refractivity contribution in [3.8, 4) is 0 Å². The standard InChI is InChI=1S/C57H86N2O17/c1-13-46(63)73-45-31-48(65)69-34(4)30-43(62)42(59(11)27-18-22-39-21-17-20-38-19-15-16-23-41(38)39)24-25-44(72-37(7)61)33(3)29-40(26-28-60)53(54(45)68-12)76-56-51(66)50(58(9)10)52(35(5)71-56)75-49-32-57(8,67)55(36(6)70-49)74-47(64)14-2/h15-17,19-21,23-25,28,33-36,40,42-45,49-56,62,66-67H,13-14,18,22,26-27,29-32H2,1-12H3/b25-24+/t33-,34-,35-,36+,40+,42-,43+,44+,45-,49+,50-,51-,52-,53+,54+,55+,56+,57-/m1/s1. The quantitative estimate of drug-likeness (QED) is 0.0750. The number of fused-ring (bicyclic) bond motifs is 1. The average molecular weight is 1070 g/mol. The molecule has 0 radical (unpaired) electrons. The van der Waals surface area contributed by atoms with Gasteiger partial charge in [0.15, 0.2) is 18.7 Å². The third-order valence-corrected chi connectivity index (χ3v) is 15.0. The molecule has 18 atom stereocenters. The van der Waals surface area contributed by atoms with E-state index in [-0.39, 0.29) is 38.5 Å². The molecule has 2 saturated heterocycles. The van der Waals surface area contributed by atoms with Crippen molar-refractivity contribution in [2.45, 2.75) is 211 Å². The SMILES string of the molecule is CCC(=O)O[C@@H]1CC(=O)O[C@H](C)C[C@H](O)[C@H](N(C)CCCc2cccc3ccccc23)/C=C/[C@H](OC(C)=O)[C@H](C)C[C@H](CC=O)[C@H](O[C@@H]2O[C@H](C)[C@@H](O[C@H]3C[C@@](C)(O)[C@@H](OC(=O)CC)[C@H](C)O3)[C@H](N(C)C)[C@H]2O)[C@H]1OC. The number of aliphatic hydroxyl groups is 3. The predicted molar refractivity (Wildman–Crippen MR) is 280 cm³/mol. The van der Waals surface area contributed by atoms with E-state index in [0.29, 0.717) is 12.8 Å². The van der Waals surface area contributed by atoms with E-state index in [0.717, 1.165) is 18.2 Å². The lowest BCUT2D eigenvalue weighted by Crippen LogP contribution is -2.66. The summed E-state index contributed by atoms with van der Waals surface area (Å²) >= 11 is 0. The Labute approximate surface area is 448 Å². The number of esters is 4. The number of carbonyl (C=O) groups is 5. The van der Waals surface area contributed by atoms with Crippen LogP contribution in [0.25, 0.3) is 10.8 Å². The van der Waals surface area contributed by atoms with Gasteiger partial charge in [0.25, 0.3) is 0 Å². The Hall–Kier alpha value is -4.41. The Bertz CT molecular complexity index is 2220. The largest absolute Gasteiger partial charge is 0.462 e. The van der Waals surface area contributed by atoms with Crippen molar-refractivity contribution in [3.05, 3.63) is 60.2 Å². The second kappa shape index (κ2) is 29.0. The Morgan fingerprint density at radius 1 is 0.855 bits per heavy atom. The molecule has 0 saturated carbocycles. The Balaban J connectivity index is 1.49. The van der Waals surface area contributed by atoms with Crippen molar-refractivity contribution in [2.24, 2.45) is 11.8 Å². The first-order chi connectivity index (χ1) is 36.0. The summed E-state index contributed by atoms with van der Waals surface area (Å²) in [6.45, 7) is 13.6. The predicted octanol–water partition coefficient (Wildman–Crippen LogP) is 5.23. The molecule has 0 bridgehead atoms. The fraction of sp³-hybridized carbons (Fsp3) is 0.702. The zero-order valence-corrected chi connectivity index (χ0v) is 46.6. The summed E-state index contributed by atoms with van der Waals surface area (Å²) in [5.41, 5.74) is -0.326. The van der Waals surface area contributed by atoms with Gasteiger partial charge in [-0.3, -0.25) is 24.1 Å². The van der Waals surface area contributed by atoms with Crippen LogP contribution in [0.1, 0.15) is 112 Å². The smallest absolute Gasteiger partial charge is 0.309 e. The Morgan fingerprint density at radius 2 is 1.54 bits per heavy atom. The molecule has 3 aliphatic rings. The number of aliphatic hydroxyl groups excluding tert-OH is 2. The maximum absolute atomic E-state index is 14.0. The van der Waals surface area contributed by atoms with Crippen LogP contribution in [0.2, 0.25) is 0 Å². The average Bonchev–Trinajstić information content (AvgIpc) is 3.35. The molecule has 2 aromatic rings. The van der Waals surface area contributed by atoms with Gasteiger partial charge < -0.3 is 67.6 Å². The molecule has 19 heteroatoms. The number of methoxy groups -OCH3 is 1. The van der Waals surface area contributed by atoms with E-state index in [1.54, 1.807) is 72.7 Å². The summed E-state index contributed by atoms with van der Waals surface area (Å²) in [5.74, 6) is -3.81. The Morgan fingerprint density at radius 3 is 2.18 bits per heavy atom. The summed E-state index contributed by atoms with van der Waals surface area (Å²) in [6.07, 6.45) is -8.73. The summed E-state index contributed by atoms with van der Waals surface area (Å²) < 4.78 is 55.6. The molecule has 3 N–H and O–H groups in total. The minimum atomic E-state index is -1.53. The molecule has 3 aliphatic heterocycles. The first-order valence-corrected chi connectivity index (χ1v) is 27.0. The summed E-state index contributed by atoms with van der Waals surface area (Å²) in [5, 5.41) is 38.1. The molecule has 0 aromatic heterocycles. The van der Waals surface area contributed by atoms with E-state index in [1.807, 2.05) is 37.1 Å². The van der Waals surface area contributed by atoms with Crippen molar-refractivity contribution in [2.75, 3.05) is 34.8 Å². The fourth-order valence-electron chi connectivity index (χ4n) is 11.1. The highest BCUT2D eigenvalue weighted by molar-refractivity contribution is 5.85. The number of benzene rings is 2. The number of aryl methyl sites for hydroxylation is 1. The van der Waals surface area contributed by atoms with Crippen LogP contribution in [0.5, 0.6) is 0 Å². The number of carbonyl (C=O) groups excluding carboxylic acids is 5. The number of hydrogen-bond acceptors (Lipinski definition) is 19. The van der Waals surface area contributed by atoms with Crippen LogP contribution < -0.4 is 0 Å². The second-order valence-corrected chi connectivity index (χ2v) is 21.4. The van der Waals surface area contributed by atoms with Crippen LogP contribution in [0.4, 0.5) is 0 Å². The third kappa shape index (κ3) is 16.8. The van der Waals surface area contributed by atoms with Gasteiger partial charge in [-0.15, -0.1) is 0 Å². The third-order valence-electron chi connectivity index (χ3n) is 15.0. The number of ether oxygens (including phenoxy) is 9. The molecule has 2 aromatic carbocycles. The molecule has 0 amide bonds. The van der Waals surface area contributed by atoms with Gasteiger partial charge in [-0.1, -0.05) is 69.3 Å². The topological polar surface area (TPSA) is 236 Å². The fourth-order valence-corrected chi connectivity index (χ4v) is 11.1. The van der Waals surface area contributed by atoms with Gasteiger partial charge in [0.1, 0.15) is 48.5 Å². The number of nitrogens with zero attached hydrogens (tertiary/aromatic N) is 2. The van der Waals surface area contributed by atoms with E-state index in [1.165, 1.54) is 25.0 Å². The summed E-state index contributed by atoms with van der Waals surface area (Å²) in [4.78, 5) is 68.9. The molecule has 0 spiro atoms. The maximum atomic E-state index is 14.0. The van der Waals surface area contributed by atoms with Crippen LogP contribution in [-0.2, 0) is 73.0 Å². The van der Waals surface area contributed by atoms with Gasteiger partial charge in [0.2, 0.25) is 0 Å². The van der Waals surface area contributed by atoms with Gasteiger partial charge in [-0.05, 0) is 109 Å². The van der Waals surface area contributed by atoms with Crippen LogP contribution >= 0.6 is 0 Å². The molecular formula is C57H86N2O17. The van der Waals surface area contributed by atoms with Crippen LogP contribution in [0.3, 0.4) is 0 Å². The molecule has 76 heavy (non-hydrogen) atoms. The minimum Gasteiger partial charge on any atom is -0.462 e. The monoisotopic (exact) mass is 1070 g/mol. The van der Waals surface area contributed by atoms with Gasteiger partial charge in [0, 0.05) is 46.1 Å². The van der Waals surface area contributed by atoms with Crippen molar-refractivity contribution in [1.29, 1.82) is 0 Å². The van der Waals surface area contributed by atoms with Crippen LogP contribution in [-0.4, -0.2) is 187 Å². The molecule has 0 unspecified atom stereocenters. The summed E-state index contributed by atoms with van der Waals surface area (Å²) in [6, 6.07) is 13.0. The van der Waals surface area contributed by atoms with Crippen molar-refractivity contribution < 1.29 is 81.9 Å². The van der Waals surface area contributed by atoms with Gasteiger partial charge in [-0.2, -0.15) is 0 Å². The molecule has 19 nitrogen and oxygen atoms in total. The Kier molecular flexibility index (Phi) is 23.8. The lowest BCUT2D eigenvalue weighted by atomic mass is 9.82. The summed E-state index contributed by atoms with van der Waals surface area (Å²) in [7, 11) is 6.73. The maximum Gasteiger partial charge on any atom is 0.309 e. The molecule has 0 aliphatic carbocycles. The minimum absolute atomic E-state index is 0.0232. The number of cyclic esters (lactones) is 1. The normalized spacial score (nSPS) is 35.5. The first-order valence-electron chi connectivity index (χ1n) is 27.0. The number of aldehydes is 1. The van der Waals surface area contributed by atoms with E-state index < -0.39 is 140 Å². The first kappa shape index (κ1) is 62.4. The number of rotatable bonds is 18. The van der Waals surface area contributed by atoms with Crippen LogP contribution in [0.15, 0.2) is 54.6 Å². The lowest BCUT2D eigenvalue weighted by Gasteiger charge is -2.50. The highest BCUT2D eigenvalue weighted by Crippen LogP contribution is 2.38. The second-order valence-electron chi connectivity index (χ2n) is 21.4. The van der Waals surface area contributed by atoms with Crippen molar-refractivity contribution >= 4 is 40.9 Å². The molecule has 5 rings (SSSR count). The molecule has 2 fully saturated rings. The highest BCUT2D eigenvalue weighted by atomic mass is 16.7. The van der Waals surface area contributed by atoms with E-state index >= 15 is 0 Å². The number of hydrogen-bond donors (Lipinski definition) is 3. The van der Waals surface area contributed by atoms with Gasteiger partial charge >= 0.3 is 23.9 Å². The van der Waals surface area contributed by atoms with E-state index in [4.69, 9.17) is 42.6 Å². The lowest BCUT2D eigenvalue weighted by molar-refractivity contribution is -0.344. The number of likely N-dealkylation sites (N-methyl/N-ethyl adjacent to an activating group) is 2. The zero-order chi connectivity index (χ0) is 56.0. The van der Waals surface area contributed by atoms with Crippen molar-refractivity contribution in [3.63, 3.8) is 0 Å². The van der Waals surface area contributed by atoms with E-state index in [2.05, 4.69) is 24.3 Å². The molecule has 3 heterocycles. The zero-order valence-electron chi connectivity index (χ0n) is 46.6. The van der Waals surface area contributed by atoms with Crippen LogP contribution in [0, 0.1) is 11.8 Å². The van der Waals surface area contributed by atoms with Gasteiger partial charge in [0.05, 0.1) is 42.9 Å². The van der Waals surface area contributed by atoms with E-state index in [9.17, 15) is 39.3 Å². The highest BCUT2D eigenvalue weighted by Gasteiger charge is 2.53.